The number of benzene rings is 1. The molecule has 0 atom stereocenters. The predicted molar refractivity (Wildman–Crippen MR) is 74.4 cm³/mol. The minimum Gasteiger partial charge on any atom is -0.322 e. The van der Waals surface area contributed by atoms with Crippen molar-refractivity contribution in [2.24, 2.45) is 0 Å². The Morgan fingerprint density at radius 3 is 3.11 bits per heavy atom. The number of carbonyl (C=O) groups excluding carboxylic acids is 1. The van der Waals surface area contributed by atoms with Crippen molar-refractivity contribution in [1.82, 2.24) is 5.32 Å². The van der Waals surface area contributed by atoms with E-state index in [9.17, 15) is 4.79 Å². The summed E-state index contributed by atoms with van der Waals surface area (Å²) in [5.41, 5.74) is 3.46. The Balaban J connectivity index is 2.12. The highest BCUT2D eigenvalue weighted by Gasteiger charge is 2.12. The highest BCUT2D eigenvalue weighted by molar-refractivity contribution is 6.00. The molecule has 1 aromatic carbocycles. The summed E-state index contributed by atoms with van der Waals surface area (Å²) in [5.74, 6) is -0.0833. The topological polar surface area (TPSA) is 41.1 Å². The van der Waals surface area contributed by atoms with Gasteiger partial charge in [-0.25, -0.2) is 0 Å². The van der Waals surface area contributed by atoms with Gasteiger partial charge in [0.15, 0.2) is 0 Å². The number of nitrogens with one attached hydrogen (secondary N) is 2. The largest absolute Gasteiger partial charge is 0.322 e. The molecular weight excluding hydrogens is 224 g/mol. The van der Waals surface area contributed by atoms with E-state index in [1.807, 2.05) is 31.2 Å². The minimum atomic E-state index is -0.0833. The maximum Gasteiger partial charge on any atom is 0.248 e. The molecule has 0 spiro atoms. The SMILES string of the molecule is CC=CC=CC(=O)Nc1cccc2c1CCNC2. The van der Waals surface area contributed by atoms with Crippen molar-refractivity contribution >= 4 is 11.6 Å². The van der Waals surface area contributed by atoms with E-state index in [4.69, 9.17) is 0 Å². The van der Waals surface area contributed by atoms with Gasteiger partial charge in [0.1, 0.15) is 0 Å². The lowest BCUT2D eigenvalue weighted by atomic mass is 9.99. The first-order valence-electron chi connectivity index (χ1n) is 6.23. The number of carbonyl (C=O) groups is 1. The van der Waals surface area contributed by atoms with Gasteiger partial charge in [0.05, 0.1) is 0 Å². The van der Waals surface area contributed by atoms with E-state index >= 15 is 0 Å². The van der Waals surface area contributed by atoms with Crippen LogP contribution in [-0.2, 0) is 17.8 Å². The van der Waals surface area contributed by atoms with E-state index in [0.29, 0.717) is 0 Å². The van der Waals surface area contributed by atoms with Crippen LogP contribution in [0.5, 0.6) is 0 Å². The Morgan fingerprint density at radius 2 is 2.28 bits per heavy atom. The number of hydrogen-bond donors (Lipinski definition) is 2. The van der Waals surface area contributed by atoms with Crippen LogP contribution in [0.15, 0.2) is 42.5 Å². The molecule has 0 aromatic heterocycles. The van der Waals surface area contributed by atoms with Gasteiger partial charge in [-0.15, -0.1) is 0 Å². The molecule has 1 aliphatic heterocycles. The summed E-state index contributed by atoms with van der Waals surface area (Å²) in [7, 11) is 0. The van der Waals surface area contributed by atoms with Gasteiger partial charge in [-0.1, -0.05) is 30.4 Å². The first-order chi connectivity index (χ1) is 8.81. The summed E-state index contributed by atoms with van der Waals surface area (Å²) in [4.78, 5) is 11.7. The Labute approximate surface area is 108 Å². The van der Waals surface area contributed by atoms with Gasteiger partial charge in [-0.2, -0.15) is 0 Å². The van der Waals surface area contributed by atoms with Crippen LogP contribution in [0, 0.1) is 0 Å². The van der Waals surface area contributed by atoms with Crippen molar-refractivity contribution in [2.75, 3.05) is 11.9 Å². The van der Waals surface area contributed by atoms with Gasteiger partial charge in [0, 0.05) is 18.3 Å². The second kappa shape index (κ2) is 6.17. The Morgan fingerprint density at radius 1 is 1.39 bits per heavy atom. The van der Waals surface area contributed by atoms with Gasteiger partial charge in [0.25, 0.3) is 0 Å². The molecule has 0 unspecified atom stereocenters. The van der Waals surface area contributed by atoms with E-state index in [-0.39, 0.29) is 5.91 Å². The number of allylic oxidation sites excluding steroid dienone is 3. The fourth-order valence-electron chi connectivity index (χ4n) is 2.08. The fourth-order valence-corrected chi connectivity index (χ4v) is 2.08. The third-order valence-electron chi connectivity index (χ3n) is 2.95. The Bertz CT molecular complexity index is 489. The van der Waals surface area contributed by atoms with E-state index in [2.05, 4.69) is 16.7 Å². The summed E-state index contributed by atoms with van der Waals surface area (Å²) < 4.78 is 0. The quantitative estimate of drug-likeness (QED) is 0.631. The molecule has 2 rings (SSSR count). The van der Waals surface area contributed by atoms with E-state index < -0.39 is 0 Å². The molecule has 0 saturated carbocycles. The fraction of sp³-hybridized carbons (Fsp3) is 0.267. The zero-order valence-corrected chi connectivity index (χ0v) is 10.6. The van der Waals surface area contributed by atoms with E-state index in [1.165, 1.54) is 11.1 Å². The van der Waals surface area contributed by atoms with Gasteiger partial charge in [0.2, 0.25) is 5.91 Å². The number of anilines is 1. The Hall–Kier alpha value is -1.87. The molecule has 3 nitrogen and oxygen atoms in total. The summed E-state index contributed by atoms with van der Waals surface area (Å²) in [6.45, 7) is 3.77. The molecule has 2 N–H and O–H groups in total. The van der Waals surface area contributed by atoms with Crippen molar-refractivity contribution in [3.05, 3.63) is 53.6 Å². The van der Waals surface area contributed by atoms with Gasteiger partial charge >= 0.3 is 0 Å². The van der Waals surface area contributed by atoms with E-state index in [0.717, 1.165) is 25.2 Å². The van der Waals surface area contributed by atoms with E-state index in [1.54, 1.807) is 12.2 Å². The molecule has 0 saturated heterocycles. The van der Waals surface area contributed by atoms with Crippen LogP contribution in [0.1, 0.15) is 18.1 Å². The van der Waals surface area contributed by atoms with Crippen LogP contribution >= 0.6 is 0 Å². The van der Waals surface area contributed by atoms with Crippen molar-refractivity contribution in [3.63, 3.8) is 0 Å². The highest BCUT2D eigenvalue weighted by atomic mass is 16.1. The molecule has 18 heavy (non-hydrogen) atoms. The van der Waals surface area contributed by atoms with Crippen LogP contribution in [0.2, 0.25) is 0 Å². The van der Waals surface area contributed by atoms with Gasteiger partial charge < -0.3 is 10.6 Å². The number of rotatable bonds is 3. The third-order valence-corrected chi connectivity index (χ3v) is 2.95. The van der Waals surface area contributed by atoms with Crippen molar-refractivity contribution in [1.29, 1.82) is 0 Å². The predicted octanol–water partition coefficient (Wildman–Crippen LogP) is 2.40. The lowest BCUT2D eigenvalue weighted by molar-refractivity contribution is -0.111. The molecule has 3 heteroatoms. The van der Waals surface area contributed by atoms with Crippen molar-refractivity contribution in [3.8, 4) is 0 Å². The smallest absolute Gasteiger partial charge is 0.248 e. The normalized spacial score (nSPS) is 14.9. The zero-order valence-electron chi connectivity index (χ0n) is 10.6. The molecular formula is C15H18N2O. The first-order valence-corrected chi connectivity index (χ1v) is 6.23. The van der Waals surface area contributed by atoms with Crippen LogP contribution < -0.4 is 10.6 Å². The average molecular weight is 242 g/mol. The van der Waals surface area contributed by atoms with Crippen LogP contribution in [0.3, 0.4) is 0 Å². The molecule has 1 aromatic rings. The number of fused-ring (bicyclic) bond motifs is 1. The molecule has 0 aliphatic carbocycles. The zero-order chi connectivity index (χ0) is 12.8. The summed E-state index contributed by atoms with van der Waals surface area (Å²) in [6, 6.07) is 6.05. The first kappa shape index (κ1) is 12.6. The molecule has 0 bridgehead atoms. The summed E-state index contributed by atoms with van der Waals surface area (Å²) in [6.07, 6.45) is 7.97. The Kier molecular flexibility index (Phi) is 4.31. The summed E-state index contributed by atoms with van der Waals surface area (Å²) >= 11 is 0. The standard InChI is InChI=1S/C15H18N2O/c1-2-3-4-8-15(18)17-14-7-5-6-12-11-16-10-9-13(12)14/h2-8,16H,9-11H2,1H3,(H,17,18). The molecule has 0 fully saturated rings. The maximum absolute atomic E-state index is 11.7. The van der Waals surface area contributed by atoms with Crippen molar-refractivity contribution < 1.29 is 4.79 Å². The lowest BCUT2D eigenvalue weighted by Gasteiger charge is -2.20. The molecule has 1 amide bonds. The molecule has 94 valence electrons. The number of hydrogen-bond acceptors (Lipinski definition) is 2. The summed E-state index contributed by atoms with van der Waals surface area (Å²) in [5, 5.41) is 6.27. The van der Waals surface area contributed by atoms with Gasteiger partial charge in [-0.05, 0) is 37.1 Å². The average Bonchev–Trinajstić information content (AvgIpc) is 2.39. The van der Waals surface area contributed by atoms with Crippen molar-refractivity contribution in [2.45, 2.75) is 19.9 Å². The monoisotopic (exact) mass is 242 g/mol. The van der Waals surface area contributed by atoms with Gasteiger partial charge in [-0.3, -0.25) is 4.79 Å². The van der Waals surface area contributed by atoms with Crippen LogP contribution in [0.25, 0.3) is 0 Å². The number of amides is 1. The maximum atomic E-state index is 11.7. The molecule has 1 aliphatic rings. The minimum absolute atomic E-state index is 0.0833. The molecule has 1 heterocycles. The third kappa shape index (κ3) is 3.08. The highest BCUT2D eigenvalue weighted by Crippen LogP contribution is 2.22. The molecule has 0 radical (unpaired) electrons. The lowest BCUT2D eigenvalue weighted by Crippen LogP contribution is -2.25. The second-order valence-corrected chi connectivity index (χ2v) is 4.24. The van der Waals surface area contributed by atoms with Crippen LogP contribution in [-0.4, -0.2) is 12.5 Å². The van der Waals surface area contributed by atoms with Crippen LogP contribution in [0.4, 0.5) is 5.69 Å². The second-order valence-electron chi connectivity index (χ2n) is 4.24.